The summed E-state index contributed by atoms with van der Waals surface area (Å²) in [5.74, 6) is 0.971. The Balaban J connectivity index is 2.60. The molecule has 0 N–H and O–H groups in total. The lowest BCUT2D eigenvalue weighted by atomic mass is 9.87. The van der Waals surface area contributed by atoms with Gasteiger partial charge in [0.1, 0.15) is 0 Å². The van der Waals surface area contributed by atoms with E-state index in [1.54, 1.807) is 0 Å². The minimum atomic E-state index is 0.869. The van der Waals surface area contributed by atoms with E-state index in [1.165, 1.54) is 30.3 Å². The lowest BCUT2D eigenvalue weighted by molar-refractivity contribution is -0.922. The molecule has 0 aromatic rings. The fourth-order valence-corrected chi connectivity index (χ4v) is 2.32. The molecule has 11 heavy (non-hydrogen) atoms. The Bertz CT molecular complexity index is 129. The molecule has 1 saturated heterocycles. The summed E-state index contributed by atoms with van der Waals surface area (Å²) >= 11 is 0. The maximum Gasteiger partial charge on any atom is 0.0886 e. The molecule has 66 valence electrons. The third-order valence-electron chi connectivity index (χ3n) is 3.62. The predicted molar refractivity (Wildman–Crippen MR) is 49.5 cm³/mol. The molecule has 0 spiro atoms. The van der Waals surface area contributed by atoms with Crippen LogP contribution in [0.15, 0.2) is 0 Å². The molecule has 1 heterocycles. The van der Waals surface area contributed by atoms with Crippen LogP contribution in [-0.4, -0.2) is 31.2 Å². The van der Waals surface area contributed by atoms with Gasteiger partial charge in [0.05, 0.1) is 26.7 Å². The van der Waals surface area contributed by atoms with E-state index in [0.29, 0.717) is 0 Å². The highest BCUT2D eigenvalue weighted by Crippen LogP contribution is 2.28. The van der Waals surface area contributed by atoms with Gasteiger partial charge in [-0.1, -0.05) is 6.92 Å². The average Bonchev–Trinajstić information content (AvgIpc) is 1.95. The van der Waals surface area contributed by atoms with E-state index in [9.17, 15) is 0 Å². The Kier molecular flexibility index (Phi) is 2.58. The van der Waals surface area contributed by atoms with Gasteiger partial charge in [0, 0.05) is 5.92 Å². The fraction of sp³-hybridized carbons (Fsp3) is 1.00. The summed E-state index contributed by atoms with van der Waals surface area (Å²) in [5.41, 5.74) is 0. The molecule has 1 aliphatic heterocycles. The largest absolute Gasteiger partial charge is 0.326 e. The van der Waals surface area contributed by atoms with Gasteiger partial charge in [0.2, 0.25) is 0 Å². The van der Waals surface area contributed by atoms with Gasteiger partial charge < -0.3 is 4.48 Å². The van der Waals surface area contributed by atoms with Gasteiger partial charge in [0.15, 0.2) is 0 Å². The van der Waals surface area contributed by atoms with Crippen molar-refractivity contribution in [3.8, 4) is 0 Å². The monoisotopic (exact) mass is 156 g/mol. The second-order valence-corrected chi connectivity index (χ2v) is 4.55. The number of hydrogen-bond acceptors (Lipinski definition) is 0. The summed E-state index contributed by atoms with van der Waals surface area (Å²) in [6, 6.07) is 0.869. The van der Waals surface area contributed by atoms with Gasteiger partial charge in [-0.25, -0.2) is 0 Å². The van der Waals surface area contributed by atoms with E-state index in [1.807, 2.05) is 0 Å². The van der Waals surface area contributed by atoms with Crippen molar-refractivity contribution in [2.45, 2.75) is 39.2 Å². The topological polar surface area (TPSA) is 0 Å². The Morgan fingerprint density at radius 1 is 1.36 bits per heavy atom. The third-order valence-corrected chi connectivity index (χ3v) is 3.62. The SMILES string of the molecule is CCC1CCC[N+](C)(C)C1C. The van der Waals surface area contributed by atoms with Crippen LogP contribution in [0.3, 0.4) is 0 Å². The number of likely N-dealkylation sites (tertiary alicyclic amines) is 1. The highest BCUT2D eigenvalue weighted by Gasteiger charge is 2.34. The molecule has 0 radical (unpaired) electrons. The summed E-state index contributed by atoms with van der Waals surface area (Å²) in [6.07, 6.45) is 4.25. The zero-order chi connectivity index (χ0) is 8.48. The number of hydrogen-bond donors (Lipinski definition) is 0. The van der Waals surface area contributed by atoms with E-state index in [2.05, 4.69) is 27.9 Å². The van der Waals surface area contributed by atoms with Crippen LogP contribution in [-0.2, 0) is 0 Å². The van der Waals surface area contributed by atoms with Crippen molar-refractivity contribution in [1.29, 1.82) is 0 Å². The normalized spacial score (nSPS) is 37.1. The van der Waals surface area contributed by atoms with Crippen LogP contribution in [0.5, 0.6) is 0 Å². The molecular weight excluding hydrogens is 134 g/mol. The van der Waals surface area contributed by atoms with Gasteiger partial charge in [-0.15, -0.1) is 0 Å². The predicted octanol–water partition coefficient (Wildman–Crippen LogP) is 2.27. The van der Waals surface area contributed by atoms with Crippen molar-refractivity contribution in [2.75, 3.05) is 20.6 Å². The van der Waals surface area contributed by atoms with E-state index >= 15 is 0 Å². The van der Waals surface area contributed by atoms with Crippen molar-refractivity contribution in [3.05, 3.63) is 0 Å². The molecule has 1 nitrogen and oxygen atoms in total. The number of nitrogens with zero attached hydrogens (tertiary/aromatic N) is 1. The number of quaternary nitrogens is 1. The summed E-state index contributed by atoms with van der Waals surface area (Å²) in [5, 5.41) is 0. The molecule has 0 aromatic carbocycles. The average molecular weight is 156 g/mol. The van der Waals surface area contributed by atoms with Crippen LogP contribution < -0.4 is 0 Å². The van der Waals surface area contributed by atoms with Gasteiger partial charge >= 0.3 is 0 Å². The van der Waals surface area contributed by atoms with Crippen LogP contribution >= 0.6 is 0 Å². The highest BCUT2D eigenvalue weighted by molar-refractivity contribution is 4.69. The molecule has 1 fully saturated rings. The first-order valence-electron chi connectivity index (χ1n) is 4.90. The summed E-state index contributed by atoms with van der Waals surface area (Å²) in [7, 11) is 4.74. The van der Waals surface area contributed by atoms with Gasteiger partial charge in [-0.2, -0.15) is 0 Å². The van der Waals surface area contributed by atoms with Crippen molar-refractivity contribution < 1.29 is 4.48 Å². The van der Waals surface area contributed by atoms with Crippen LogP contribution in [0.1, 0.15) is 33.1 Å². The van der Waals surface area contributed by atoms with Crippen LogP contribution in [0.25, 0.3) is 0 Å². The van der Waals surface area contributed by atoms with Crippen LogP contribution in [0, 0.1) is 5.92 Å². The van der Waals surface area contributed by atoms with Gasteiger partial charge in [0.25, 0.3) is 0 Å². The first kappa shape index (κ1) is 9.05. The standard InChI is InChI=1S/C10H22N/c1-5-10-7-6-8-11(3,4)9(10)2/h9-10H,5-8H2,1-4H3/q+1. The summed E-state index contributed by atoms with van der Waals surface area (Å²) in [4.78, 5) is 0. The van der Waals surface area contributed by atoms with E-state index in [0.717, 1.165) is 12.0 Å². The van der Waals surface area contributed by atoms with Crippen molar-refractivity contribution in [1.82, 2.24) is 0 Å². The van der Waals surface area contributed by atoms with Crippen LogP contribution in [0.2, 0.25) is 0 Å². The molecule has 0 saturated carbocycles. The molecule has 0 amide bonds. The van der Waals surface area contributed by atoms with Crippen molar-refractivity contribution in [2.24, 2.45) is 5.92 Å². The Morgan fingerprint density at radius 3 is 2.45 bits per heavy atom. The van der Waals surface area contributed by atoms with E-state index in [4.69, 9.17) is 0 Å². The Hall–Kier alpha value is -0.0400. The lowest BCUT2D eigenvalue weighted by Crippen LogP contribution is -2.54. The maximum atomic E-state index is 2.41. The molecule has 1 heteroatoms. The molecule has 0 aliphatic carbocycles. The molecule has 1 rings (SSSR count). The third kappa shape index (κ3) is 1.76. The number of rotatable bonds is 1. The quantitative estimate of drug-likeness (QED) is 0.511. The molecule has 1 aliphatic rings. The molecule has 0 aromatic heterocycles. The zero-order valence-corrected chi connectivity index (χ0v) is 8.43. The second-order valence-electron chi connectivity index (χ2n) is 4.55. The number of piperidine rings is 1. The van der Waals surface area contributed by atoms with Gasteiger partial charge in [-0.3, -0.25) is 0 Å². The highest BCUT2D eigenvalue weighted by atomic mass is 15.3. The van der Waals surface area contributed by atoms with E-state index in [-0.39, 0.29) is 0 Å². The van der Waals surface area contributed by atoms with Crippen LogP contribution in [0.4, 0.5) is 0 Å². The molecule has 2 atom stereocenters. The zero-order valence-electron chi connectivity index (χ0n) is 8.43. The van der Waals surface area contributed by atoms with Crippen molar-refractivity contribution in [3.63, 3.8) is 0 Å². The molecular formula is C10H22N+. The molecule has 2 unspecified atom stereocenters. The summed E-state index contributed by atoms with van der Waals surface area (Å²) < 4.78 is 1.23. The summed E-state index contributed by atoms with van der Waals surface area (Å²) in [6.45, 7) is 6.11. The Labute approximate surface area is 71.0 Å². The van der Waals surface area contributed by atoms with Crippen molar-refractivity contribution >= 4 is 0 Å². The Morgan fingerprint density at radius 2 is 2.00 bits per heavy atom. The minimum Gasteiger partial charge on any atom is -0.326 e. The molecule has 0 bridgehead atoms. The first-order chi connectivity index (χ1) is 5.08. The fourth-order valence-electron chi connectivity index (χ4n) is 2.32. The lowest BCUT2D eigenvalue weighted by Gasteiger charge is -2.44. The first-order valence-corrected chi connectivity index (χ1v) is 4.90. The maximum absolute atomic E-state index is 2.41. The van der Waals surface area contributed by atoms with Gasteiger partial charge in [-0.05, 0) is 26.2 Å². The minimum absolute atomic E-state index is 0.869. The second kappa shape index (κ2) is 3.14. The van der Waals surface area contributed by atoms with E-state index < -0.39 is 0 Å². The smallest absolute Gasteiger partial charge is 0.0886 e.